The Morgan fingerprint density at radius 3 is 2.35 bits per heavy atom. The topological polar surface area (TPSA) is 96.5 Å². The maximum atomic E-state index is 12.2. The lowest BCUT2D eigenvalue weighted by atomic mass is 10.2. The summed E-state index contributed by atoms with van der Waals surface area (Å²) < 4.78 is 2.07. The molecule has 1 aliphatic rings. The number of primary amides is 1. The zero-order chi connectivity index (χ0) is 18.4. The molecule has 0 aliphatic carbocycles. The van der Waals surface area contributed by atoms with Gasteiger partial charge in [-0.25, -0.2) is 4.98 Å². The number of benzene rings is 1. The van der Waals surface area contributed by atoms with Crippen LogP contribution in [0.5, 0.6) is 0 Å². The summed E-state index contributed by atoms with van der Waals surface area (Å²) in [6.45, 7) is 5.94. The third-order valence-corrected chi connectivity index (χ3v) is 4.52. The fraction of sp³-hybridized carbons (Fsp3) is 0.389. The van der Waals surface area contributed by atoms with Crippen LogP contribution in [0.1, 0.15) is 10.4 Å². The lowest BCUT2D eigenvalue weighted by Crippen LogP contribution is -2.49. The number of nitrogens with zero attached hydrogens (tertiary/aromatic N) is 4. The Morgan fingerprint density at radius 1 is 1.04 bits per heavy atom. The zero-order valence-corrected chi connectivity index (χ0v) is 14.7. The Labute approximate surface area is 152 Å². The smallest absolute Gasteiger partial charge is 0.248 e. The molecule has 1 aliphatic heterocycles. The van der Waals surface area contributed by atoms with Gasteiger partial charge in [0.15, 0.2) is 0 Å². The number of amides is 2. The van der Waals surface area contributed by atoms with Crippen molar-refractivity contribution in [2.24, 2.45) is 5.73 Å². The number of imidazole rings is 1. The number of nitrogens with one attached hydrogen (secondary N) is 1. The Bertz CT molecular complexity index is 721. The lowest BCUT2D eigenvalue weighted by Gasteiger charge is -2.34. The van der Waals surface area contributed by atoms with Crippen LogP contribution in [-0.4, -0.2) is 70.4 Å². The summed E-state index contributed by atoms with van der Waals surface area (Å²) in [6, 6.07) is 6.59. The molecule has 8 heteroatoms. The molecule has 3 N–H and O–H groups in total. The summed E-state index contributed by atoms with van der Waals surface area (Å²) in [6.07, 6.45) is 5.59. The molecule has 0 spiro atoms. The average molecular weight is 356 g/mol. The van der Waals surface area contributed by atoms with Crippen molar-refractivity contribution >= 4 is 17.5 Å². The monoisotopic (exact) mass is 356 g/mol. The number of carbonyl (C=O) groups is 2. The predicted molar refractivity (Wildman–Crippen MR) is 98.7 cm³/mol. The molecule has 0 saturated carbocycles. The van der Waals surface area contributed by atoms with E-state index in [1.165, 1.54) is 0 Å². The Kier molecular flexibility index (Phi) is 5.98. The average Bonchev–Trinajstić information content (AvgIpc) is 3.15. The quantitative estimate of drug-likeness (QED) is 0.741. The summed E-state index contributed by atoms with van der Waals surface area (Å²) in [5.41, 5.74) is 6.30. The van der Waals surface area contributed by atoms with Gasteiger partial charge in [-0.3, -0.25) is 19.4 Å². The van der Waals surface area contributed by atoms with Crippen molar-refractivity contribution in [1.29, 1.82) is 0 Å². The van der Waals surface area contributed by atoms with E-state index in [0.29, 0.717) is 17.8 Å². The number of hydrogen-bond donors (Lipinski definition) is 2. The molecule has 1 fully saturated rings. The molecule has 0 unspecified atom stereocenters. The van der Waals surface area contributed by atoms with Gasteiger partial charge in [0.1, 0.15) is 0 Å². The molecule has 8 nitrogen and oxygen atoms in total. The molecule has 1 saturated heterocycles. The maximum absolute atomic E-state index is 12.2. The summed E-state index contributed by atoms with van der Waals surface area (Å²) in [5, 5.41) is 2.85. The fourth-order valence-electron chi connectivity index (χ4n) is 2.97. The number of anilines is 1. The van der Waals surface area contributed by atoms with E-state index in [9.17, 15) is 9.59 Å². The van der Waals surface area contributed by atoms with E-state index in [2.05, 4.69) is 24.7 Å². The van der Waals surface area contributed by atoms with Crippen molar-refractivity contribution in [3.63, 3.8) is 0 Å². The molecule has 0 bridgehead atoms. The highest BCUT2D eigenvalue weighted by molar-refractivity contribution is 5.95. The molecule has 138 valence electrons. The van der Waals surface area contributed by atoms with E-state index < -0.39 is 5.91 Å². The van der Waals surface area contributed by atoms with Crippen molar-refractivity contribution in [1.82, 2.24) is 19.4 Å². The Balaban J connectivity index is 1.38. The number of nitrogens with two attached hydrogens (primary N) is 1. The fourth-order valence-corrected chi connectivity index (χ4v) is 2.97. The van der Waals surface area contributed by atoms with Crippen molar-refractivity contribution in [2.45, 2.75) is 6.54 Å². The number of carbonyl (C=O) groups excluding carboxylic acids is 2. The van der Waals surface area contributed by atoms with Gasteiger partial charge in [-0.1, -0.05) is 0 Å². The predicted octanol–water partition coefficient (Wildman–Crippen LogP) is 0.238. The summed E-state index contributed by atoms with van der Waals surface area (Å²) in [7, 11) is 0. The molecule has 1 aromatic heterocycles. The molecule has 0 atom stereocenters. The molecule has 1 aromatic carbocycles. The van der Waals surface area contributed by atoms with Gasteiger partial charge >= 0.3 is 0 Å². The molecule has 26 heavy (non-hydrogen) atoms. The number of aromatic nitrogens is 2. The second-order valence-corrected chi connectivity index (χ2v) is 6.41. The number of hydrogen-bond acceptors (Lipinski definition) is 5. The van der Waals surface area contributed by atoms with E-state index in [0.717, 1.165) is 39.3 Å². The summed E-state index contributed by atoms with van der Waals surface area (Å²) in [5.74, 6) is -0.530. The largest absolute Gasteiger partial charge is 0.366 e. The zero-order valence-electron chi connectivity index (χ0n) is 14.7. The molecule has 2 heterocycles. The van der Waals surface area contributed by atoms with Gasteiger partial charge in [-0.15, -0.1) is 0 Å². The van der Waals surface area contributed by atoms with Gasteiger partial charge in [0.25, 0.3) is 0 Å². The minimum Gasteiger partial charge on any atom is -0.366 e. The first-order valence-corrected chi connectivity index (χ1v) is 8.70. The van der Waals surface area contributed by atoms with Crippen LogP contribution in [0.2, 0.25) is 0 Å². The summed E-state index contributed by atoms with van der Waals surface area (Å²) >= 11 is 0. The van der Waals surface area contributed by atoms with Gasteiger partial charge in [-0.05, 0) is 24.3 Å². The number of rotatable bonds is 7. The summed E-state index contributed by atoms with van der Waals surface area (Å²) in [4.78, 5) is 31.9. The minimum atomic E-state index is -0.478. The highest BCUT2D eigenvalue weighted by Gasteiger charge is 2.18. The standard InChI is InChI=1S/C18H24N6O2/c19-18(26)15-1-3-16(4-2-15)21-17(25)13-23-10-7-22(8-11-23)9-12-24-6-5-20-14-24/h1-6,14H,7-13H2,(H2,19,26)(H,21,25). The first kappa shape index (κ1) is 18.1. The van der Waals surface area contributed by atoms with Crippen molar-refractivity contribution < 1.29 is 9.59 Å². The van der Waals surface area contributed by atoms with Crippen LogP contribution in [0, 0.1) is 0 Å². The van der Waals surface area contributed by atoms with E-state index in [1.54, 1.807) is 30.5 Å². The van der Waals surface area contributed by atoms with Gasteiger partial charge in [0, 0.05) is 62.9 Å². The molecular formula is C18H24N6O2. The van der Waals surface area contributed by atoms with Crippen LogP contribution in [0.4, 0.5) is 5.69 Å². The van der Waals surface area contributed by atoms with Gasteiger partial charge in [-0.2, -0.15) is 0 Å². The van der Waals surface area contributed by atoms with Crippen LogP contribution in [0.25, 0.3) is 0 Å². The van der Waals surface area contributed by atoms with Crippen molar-refractivity contribution in [2.75, 3.05) is 44.6 Å². The number of piperazine rings is 1. The van der Waals surface area contributed by atoms with Crippen LogP contribution >= 0.6 is 0 Å². The highest BCUT2D eigenvalue weighted by atomic mass is 16.2. The Hall–Kier alpha value is -2.71. The lowest BCUT2D eigenvalue weighted by molar-refractivity contribution is -0.117. The minimum absolute atomic E-state index is 0.0521. The maximum Gasteiger partial charge on any atom is 0.248 e. The van der Waals surface area contributed by atoms with Crippen molar-refractivity contribution in [3.05, 3.63) is 48.5 Å². The van der Waals surface area contributed by atoms with Crippen LogP contribution in [0.15, 0.2) is 43.0 Å². The molecule has 3 rings (SSSR count). The molecule has 0 radical (unpaired) electrons. The van der Waals surface area contributed by atoms with Crippen LogP contribution < -0.4 is 11.1 Å². The van der Waals surface area contributed by atoms with Crippen LogP contribution in [-0.2, 0) is 11.3 Å². The third-order valence-electron chi connectivity index (χ3n) is 4.52. The first-order chi connectivity index (χ1) is 12.6. The SMILES string of the molecule is NC(=O)c1ccc(NC(=O)CN2CCN(CCn3ccnc3)CC2)cc1. The molecule has 2 aromatic rings. The molecule has 2 amide bonds. The van der Waals surface area contributed by atoms with Gasteiger partial charge in [0.2, 0.25) is 11.8 Å². The van der Waals surface area contributed by atoms with Crippen molar-refractivity contribution in [3.8, 4) is 0 Å². The van der Waals surface area contributed by atoms with E-state index >= 15 is 0 Å². The first-order valence-electron chi connectivity index (χ1n) is 8.70. The molecular weight excluding hydrogens is 332 g/mol. The second kappa shape index (κ2) is 8.59. The van der Waals surface area contributed by atoms with E-state index in [1.807, 2.05) is 12.5 Å². The van der Waals surface area contributed by atoms with E-state index in [-0.39, 0.29) is 5.91 Å². The highest BCUT2D eigenvalue weighted by Crippen LogP contribution is 2.10. The van der Waals surface area contributed by atoms with Gasteiger partial charge in [0.05, 0.1) is 12.9 Å². The Morgan fingerprint density at radius 2 is 1.73 bits per heavy atom. The van der Waals surface area contributed by atoms with E-state index in [4.69, 9.17) is 5.73 Å². The van der Waals surface area contributed by atoms with Gasteiger partial charge < -0.3 is 15.6 Å². The third kappa shape index (κ3) is 5.14. The second-order valence-electron chi connectivity index (χ2n) is 6.41. The van der Waals surface area contributed by atoms with Crippen LogP contribution in [0.3, 0.4) is 0 Å². The normalized spacial score (nSPS) is 15.7.